The maximum absolute atomic E-state index is 9.16. The molecule has 5 rings (SSSR count). The van der Waals surface area contributed by atoms with Crippen LogP contribution in [0.1, 0.15) is 39.2 Å². The molecule has 0 unspecified atom stereocenters. The lowest BCUT2D eigenvalue weighted by Gasteiger charge is -2.33. The molecule has 3 heterocycles. The first kappa shape index (κ1) is 20.7. The number of aliphatic hydroxyl groups is 1. The average Bonchev–Trinajstić information content (AvgIpc) is 3.26. The molecule has 4 aromatic rings. The summed E-state index contributed by atoms with van der Waals surface area (Å²) in [6, 6.07) is 12.8. The minimum Gasteiger partial charge on any atom is -0.396 e. The number of nitrogens with one attached hydrogen (secondary N) is 1. The summed E-state index contributed by atoms with van der Waals surface area (Å²) in [6.45, 7) is 6.69. The molecule has 2 aromatic heterocycles. The summed E-state index contributed by atoms with van der Waals surface area (Å²) in [5.74, 6) is 1.24. The SMILES string of the molecule is CC(C)n1cnc2ccc3cnc(Nc4ccc(N5CCC(CCO)CC5)cc4)nc3c21. The molecule has 2 N–H and O–H groups in total. The summed E-state index contributed by atoms with van der Waals surface area (Å²) in [5, 5.41) is 13.5. The Bertz CT molecular complexity index is 1210. The summed E-state index contributed by atoms with van der Waals surface area (Å²) >= 11 is 0. The zero-order valence-corrected chi connectivity index (χ0v) is 18.7. The van der Waals surface area contributed by atoms with Gasteiger partial charge in [0.05, 0.1) is 17.4 Å². The van der Waals surface area contributed by atoms with Gasteiger partial charge in [-0.2, -0.15) is 0 Å². The summed E-state index contributed by atoms with van der Waals surface area (Å²) in [4.78, 5) is 16.3. The third kappa shape index (κ3) is 4.00. The Labute approximate surface area is 188 Å². The summed E-state index contributed by atoms with van der Waals surface area (Å²) in [5.41, 5.74) is 5.10. The van der Waals surface area contributed by atoms with Crippen molar-refractivity contribution in [2.45, 2.75) is 39.2 Å². The molecule has 7 heteroatoms. The van der Waals surface area contributed by atoms with Crippen LogP contribution in [0, 0.1) is 5.92 Å². The number of aromatic nitrogens is 4. The lowest BCUT2D eigenvalue weighted by atomic mass is 9.93. The van der Waals surface area contributed by atoms with Crippen LogP contribution < -0.4 is 10.2 Å². The number of nitrogens with zero attached hydrogens (tertiary/aromatic N) is 5. The van der Waals surface area contributed by atoms with Crippen molar-refractivity contribution >= 4 is 39.3 Å². The van der Waals surface area contributed by atoms with Crippen molar-refractivity contribution in [2.75, 3.05) is 29.9 Å². The largest absolute Gasteiger partial charge is 0.396 e. The highest BCUT2D eigenvalue weighted by atomic mass is 16.3. The van der Waals surface area contributed by atoms with Crippen LogP contribution >= 0.6 is 0 Å². The molecule has 0 amide bonds. The smallest absolute Gasteiger partial charge is 0.227 e. The molecule has 7 nitrogen and oxygen atoms in total. The predicted molar refractivity (Wildman–Crippen MR) is 130 cm³/mol. The van der Waals surface area contributed by atoms with Crippen LogP contribution in [0.15, 0.2) is 48.9 Å². The van der Waals surface area contributed by atoms with Gasteiger partial charge >= 0.3 is 0 Å². The van der Waals surface area contributed by atoms with Gasteiger partial charge in [-0.05, 0) is 75.4 Å². The number of fused-ring (bicyclic) bond motifs is 3. The van der Waals surface area contributed by atoms with E-state index in [9.17, 15) is 0 Å². The second-order valence-electron chi connectivity index (χ2n) is 8.92. The van der Waals surface area contributed by atoms with E-state index in [1.165, 1.54) is 5.69 Å². The molecule has 0 bridgehead atoms. The Morgan fingerprint density at radius 2 is 1.84 bits per heavy atom. The quantitative estimate of drug-likeness (QED) is 0.453. The first-order valence-electron chi connectivity index (χ1n) is 11.5. The Morgan fingerprint density at radius 3 is 2.56 bits per heavy atom. The standard InChI is InChI=1S/C25H30N6O/c1-17(2)31-16-27-22-8-3-19-15-26-25(29-23(19)24(22)31)28-20-4-6-21(7-5-20)30-12-9-18(10-13-30)11-14-32/h3-8,15-18,32H,9-14H2,1-2H3,(H,26,28,29). The van der Waals surface area contributed by atoms with Crippen molar-refractivity contribution in [2.24, 2.45) is 5.92 Å². The Hall–Kier alpha value is -3.19. The number of rotatable bonds is 6. The van der Waals surface area contributed by atoms with Gasteiger partial charge in [-0.25, -0.2) is 15.0 Å². The van der Waals surface area contributed by atoms with E-state index in [4.69, 9.17) is 10.1 Å². The zero-order valence-electron chi connectivity index (χ0n) is 18.7. The van der Waals surface area contributed by atoms with E-state index in [2.05, 4.69) is 62.9 Å². The molecule has 0 spiro atoms. The van der Waals surface area contributed by atoms with E-state index in [1.807, 2.05) is 24.7 Å². The molecule has 0 aliphatic carbocycles. The van der Waals surface area contributed by atoms with Crippen LogP contribution in [0.2, 0.25) is 0 Å². The highest BCUT2D eigenvalue weighted by Gasteiger charge is 2.19. The van der Waals surface area contributed by atoms with Gasteiger partial charge < -0.3 is 19.9 Å². The van der Waals surface area contributed by atoms with Gasteiger partial charge in [-0.15, -0.1) is 0 Å². The third-order valence-electron chi connectivity index (χ3n) is 6.48. The normalized spacial score (nSPS) is 15.2. The summed E-state index contributed by atoms with van der Waals surface area (Å²) in [6.07, 6.45) is 6.97. The molecule has 1 aliphatic heterocycles. The number of hydrogen-bond donors (Lipinski definition) is 2. The molecule has 1 fully saturated rings. The molecule has 0 saturated carbocycles. The summed E-state index contributed by atoms with van der Waals surface area (Å²) in [7, 11) is 0. The fraction of sp³-hybridized carbons (Fsp3) is 0.400. The molecular weight excluding hydrogens is 400 g/mol. The third-order valence-corrected chi connectivity index (χ3v) is 6.48. The van der Waals surface area contributed by atoms with Gasteiger partial charge in [0, 0.05) is 48.7 Å². The van der Waals surface area contributed by atoms with Crippen LogP contribution in [0.4, 0.5) is 17.3 Å². The molecule has 1 saturated heterocycles. The second kappa shape index (κ2) is 8.74. The maximum atomic E-state index is 9.16. The molecule has 0 atom stereocenters. The van der Waals surface area contributed by atoms with Gasteiger partial charge in [0.25, 0.3) is 0 Å². The van der Waals surface area contributed by atoms with Crippen molar-refractivity contribution in [1.82, 2.24) is 19.5 Å². The zero-order chi connectivity index (χ0) is 22.1. The first-order chi connectivity index (χ1) is 15.6. The number of hydrogen-bond acceptors (Lipinski definition) is 6. The minimum absolute atomic E-state index is 0.299. The molecule has 166 valence electrons. The van der Waals surface area contributed by atoms with Gasteiger partial charge in [0.2, 0.25) is 5.95 Å². The van der Waals surface area contributed by atoms with Gasteiger partial charge in [-0.3, -0.25) is 0 Å². The first-order valence-corrected chi connectivity index (χ1v) is 11.5. The average molecular weight is 431 g/mol. The fourth-order valence-corrected chi connectivity index (χ4v) is 4.61. The number of imidazole rings is 1. The van der Waals surface area contributed by atoms with E-state index >= 15 is 0 Å². The Morgan fingerprint density at radius 1 is 1.06 bits per heavy atom. The second-order valence-corrected chi connectivity index (χ2v) is 8.92. The molecular formula is C25H30N6O. The Kier molecular flexibility index (Phi) is 5.66. The summed E-state index contributed by atoms with van der Waals surface area (Å²) < 4.78 is 2.16. The van der Waals surface area contributed by atoms with Crippen molar-refractivity contribution in [3.05, 3.63) is 48.9 Å². The van der Waals surface area contributed by atoms with Crippen molar-refractivity contribution in [3.63, 3.8) is 0 Å². The number of aliphatic hydroxyl groups excluding tert-OH is 1. The van der Waals surface area contributed by atoms with Gasteiger partial charge in [-0.1, -0.05) is 0 Å². The number of piperidine rings is 1. The van der Waals surface area contributed by atoms with E-state index in [-0.39, 0.29) is 0 Å². The monoisotopic (exact) mass is 430 g/mol. The number of anilines is 3. The van der Waals surface area contributed by atoms with Gasteiger partial charge in [0.15, 0.2) is 0 Å². The van der Waals surface area contributed by atoms with Crippen molar-refractivity contribution in [1.29, 1.82) is 0 Å². The highest BCUT2D eigenvalue weighted by Crippen LogP contribution is 2.28. The van der Waals surface area contributed by atoms with Crippen LogP contribution in [0.25, 0.3) is 21.9 Å². The predicted octanol–water partition coefficient (Wildman–Crippen LogP) is 4.90. The van der Waals surface area contributed by atoms with Crippen LogP contribution in [0.5, 0.6) is 0 Å². The highest BCUT2D eigenvalue weighted by molar-refractivity contribution is 6.02. The Balaban J connectivity index is 1.35. The molecule has 2 aromatic carbocycles. The van der Waals surface area contributed by atoms with Crippen LogP contribution in [-0.4, -0.2) is 44.3 Å². The van der Waals surface area contributed by atoms with E-state index in [0.29, 0.717) is 24.5 Å². The molecule has 32 heavy (non-hydrogen) atoms. The van der Waals surface area contributed by atoms with Crippen molar-refractivity contribution < 1.29 is 5.11 Å². The van der Waals surface area contributed by atoms with E-state index < -0.39 is 0 Å². The van der Waals surface area contributed by atoms with Gasteiger partial charge in [0.1, 0.15) is 5.52 Å². The van der Waals surface area contributed by atoms with Crippen LogP contribution in [-0.2, 0) is 0 Å². The maximum Gasteiger partial charge on any atom is 0.227 e. The molecule has 0 radical (unpaired) electrons. The van der Waals surface area contributed by atoms with Crippen LogP contribution in [0.3, 0.4) is 0 Å². The van der Waals surface area contributed by atoms with E-state index in [0.717, 1.165) is 60.0 Å². The fourth-order valence-electron chi connectivity index (χ4n) is 4.61. The lowest BCUT2D eigenvalue weighted by Crippen LogP contribution is -2.33. The number of benzene rings is 2. The lowest BCUT2D eigenvalue weighted by molar-refractivity contribution is 0.240. The van der Waals surface area contributed by atoms with Crippen molar-refractivity contribution in [3.8, 4) is 0 Å². The minimum atomic E-state index is 0.299. The van der Waals surface area contributed by atoms with E-state index in [1.54, 1.807) is 0 Å². The molecule has 1 aliphatic rings. The topological polar surface area (TPSA) is 79.1 Å².